The van der Waals surface area contributed by atoms with Crippen LogP contribution in [0, 0.1) is 0 Å². The van der Waals surface area contributed by atoms with Gasteiger partial charge in [0.15, 0.2) is 5.78 Å². The maximum absolute atomic E-state index is 11.7. The van der Waals surface area contributed by atoms with Gasteiger partial charge in [-0.25, -0.2) is 0 Å². The van der Waals surface area contributed by atoms with Crippen LogP contribution < -0.4 is 23.0 Å². The van der Waals surface area contributed by atoms with Crippen LogP contribution in [0.2, 0.25) is 13.1 Å². The molecule has 0 saturated heterocycles. The van der Waals surface area contributed by atoms with Crippen molar-refractivity contribution in [3.05, 3.63) is 54.6 Å². The molecule has 0 fully saturated rings. The summed E-state index contributed by atoms with van der Waals surface area (Å²) in [4.78, 5) is 11.7. The van der Waals surface area contributed by atoms with Crippen LogP contribution >= 0.6 is 60.3 Å². The number of thiazole rings is 1. The number of Topliss-reactive ketones (excluding diaryl/α,β-unsaturated/α-hetero) is 1. The van der Waals surface area contributed by atoms with Crippen molar-refractivity contribution in [1.29, 1.82) is 0 Å². The Balaban J connectivity index is 0.000000817. The van der Waals surface area contributed by atoms with Crippen molar-refractivity contribution >= 4 is 89.6 Å². The first-order chi connectivity index (χ1) is 12.9. The van der Waals surface area contributed by atoms with Crippen molar-refractivity contribution in [1.82, 2.24) is 0 Å². The zero-order chi connectivity index (χ0) is 19.9. The van der Waals surface area contributed by atoms with Gasteiger partial charge in [-0.3, -0.25) is 4.79 Å². The van der Waals surface area contributed by atoms with E-state index in [1.165, 1.54) is 19.7 Å². The summed E-state index contributed by atoms with van der Waals surface area (Å²) in [7, 11) is -1.50. The second-order valence-corrected chi connectivity index (χ2v) is 30.4. The zero-order valence-corrected chi connectivity index (χ0v) is 24.5. The van der Waals surface area contributed by atoms with Crippen LogP contribution in [0.5, 0.6) is 0 Å². The molecule has 1 aromatic heterocycles. The number of hydrogen-bond donors (Lipinski definition) is 0. The Morgan fingerprint density at radius 3 is 2.33 bits per heavy atom. The van der Waals surface area contributed by atoms with Crippen LogP contribution in [0.1, 0.15) is 6.92 Å². The number of nitrogens with zero attached hydrogens (tertiary/aromatic N) is 1. The standard InChI is InChI=1S/C19H22NOS2Si.I3/c1-15(21)13-20-17-11-7-8-12-18(17)23-19(20)22-14-24(2,3)16-9-5-4-6-10-16;1-3-2/h4-12H,13-14H2,1-3H3;/q+1;-1. The van der Waals surface area contributed by atoms with Gasteiger partial charge >= 0.3 is 50.5 Å². The van der Waals surface area contributed by atoms with Crippen LogP contribution in [0.3, 0.4) is 0 Å². The summed E-state index contributed by atoms with van der Waals surface area (Å²) in [5.74, 6) is 0.199. The van der Waals surface area contributed by atoms with Crippen molar-refractivity contribution in [2.24, 2.45) is 0 Å². The second-order valence-electron chi connectivity index (χ2n) is 6.72. The van der Waals surface area contributed by atoms with Crippen LogP contribution in [-0.4, -0.2) is 19.2 Å². The van der Waals surface area contributed by atoms with Gasteiger partial charge in [0.05, 0.1) is 8.07 Å². The molecule has 0 radical (unpaired) electrons. The van der Waals surface area contributed by atoms with Gasteiger partial charge in [0.25, 0.3) is 4.34 Å². The molecule has 0 unspecified atom stereocenters. The Labute approximate surface area is 200 Å². The first-order valence-corrected chi connectivity index (χ1v) is 25.9. The van der Waals surface area contributed by atoms with E-state index in [0.29, 0.717) is 19.8 Å². The molecule has 1 heterocycles. The second kappa shape index (κ2) is 11.8. The molecule has 3 rings (SSSR count). The number of para-hydroxylation sites is 1. The number of thioether (sulfide) groups is 1. The predicted octanol–water partition coefficient (Wildman–Crippen LogP) is 2.80. The summed E-state index contributed by atoms with van der Waals surface area (Å²) in [6.07, 6.45) is 0. The fourth-order valence-corrected chi connectivity index (χ4v) is 8.65. The summed E-state index contributed by atoms with van der Waals surface area (Å²) in [5, 5.41) is 2.60. The van der Waals surface area contributed by atoms with Crippen LogP contribution in [0.15, 0.2) is 58.9 Å². The molecule has 146 valence electrons. The third kappa shape index (κ3) is 7.19. The van der Waals surface area contributed by atoms with E-state index in [0.717, 1.165) is 5.38 Å². The number of hydrogen-bond acceptors (Lipinski definition) is 3. The molecule has 2 aromatic carbocycles. The normalized spacial score (nSPS) is 11.3. The monoisotopic (exact) mass is 753 g/mol. The van der Waals surface area contributed by atoms with Gasteiger partial charge in [-0.05, 0) is 17.8 Å². The maximum atomic E-state index is 11.7. The molecule has 3 aromatic rings. The minimum absolute atomic E-state index is 0.199. The molecule has 8 heteroatoms. The number of halogens is 3. The molecular weight excluding hydrogens is 731 g/mol. The predicted molar refractivity (Wildman–Crippen MR) is 135 cm³/mol. The molecule has 0 aliphatic heterocycles. The summed E-state index contributed by atoms with van der Waals surface area (Å²) >= 11 is 9.01. The molecule has 0 aliphatic carbocycles. The molecule has 27 heavy (non-hydrogen) atoms. The van der Waals surface area contributed by atoms with Crippen molar-refractivity contribution in [3.8, 4) is 0 Å². The summed E-state index contributed by atoms with van der Waals surface area (Å²) in [6, 6.07) is 19.2. The number of carbonyl (C=O) groups excluding carboxylic acids is 1. The van der Waals surface area contributed by atoms with E-state index in [1.54, 1.807) is 18.3 Å². The molecule has 0 N–H and O–H groups in total. The molecule has 2 nitrogen and oxygen atoms in total. The first kappa shape index (κ1) is 24.0. The van der Waals surface area contributed by atoms with E-state index in [-0.39, 0.29) is 5.78 Å². The molecule has 0 aliphatic rings. The summed E-state index contributed by atoms with van der Waals surface area (Å²) in [6.45, 7) is 6.95. The molecule has 0 spiro atoms. The Morgan fingerprint density at radius 2 is 1.70 bits per heavy atom. The van der Waals surface area contributed by atoms with Crippen LogP contribution in [-0.2, 0) is 11.3 Å². The molecule has 0 saturated carbocycles. The number of fused-ring (bicyclic) bond motifs is 1. The number of rotatable bonds is 6. The Kier molecular flexibility index (Phi) is 10.5. The molecule has 0 amide bonds. The van der Waals surface area contributed by atoms with E-state index in [9.17, 15) is 4.79 Å². The van der Waals surface area contributed by atoms with Crippen molar-refractivity contribution in [2.45, 2.75) is 30.9 Å². The zero-order valence-electron chi connectivity index (χ0n) is 15.4. The Morgan fingerprint density at radius 1 is 1.11 bits per heavy atom. The first-order valence-electron chi connectivity index (χ1n) is 8.35. The average Bonchev–Trinajstić information content (AvgIpc) is 2.99. The minimum atomic E-state index is -1.50. The van der Waals surface area contributed by atoms with Gasteiger partial charge in [0.2, 0.25) is 12.1 Å². The van der Waals surface area contributed by atoms with Gasteiger partial charge in [-0.2, -0.15) is 4.57 Å². The number of carbonyl (C=O) groups is 1. The van der Waals surface area contributed by atoms with E-state index >= 15 is 0 Å². The van der Waals surface area contributed by atoms with E-state index in [1.807, 2.05) is 17.8 Å². The van der Waals surface area contributed by atoms with Crippen LogP contribution in [0.4, 0.5) is 0 Å². The fourth-order valence-electron chi connectivity index (χ4n) is 2.71. The van der Waals surface area contributed by atoms with Gasteiger partial charge in [0, 0.05) is 18.4 Å². The van der Waals surface area contributed by atoms with E-state index in [4.69, 9.17) is 0 Å². The molecule has 0 atom stereocenters. The quantitative estimate of drug-likeness (QED) is 0.167. The number of ketones is 1. The average molecular weight is 753 g/mol. The van der Waals surface area contributed by atoms with Gasteiger partial charge in [-0.1, -0.05) is 72.1 Å². The van der Waals surface area contributed by atoms with Crippen molar-refractivity contribution in [2.75, 3.05) is 5.38 Å². The van der Waals surface area contributed by atoms with Gasteiger partial charge in [0.1, 0.15) is 4.70 Å². The number of aromatic nitrogens is 1. The van der Waals surface area contributed by atoms with Gasteiger partial charge in [-0.15, -0.1) is 0 Å². The van der Waals surface area contributed by atoms with E-state index < -0.39 is 8.07 Å². The van der Waals surface area contributed by atoms with E-state index in [2.05, 4.69) is 103 Å². The summed E-state index contributed by atoms with van der Waals surface area (Å²) in [5.41, 5.74) is 1.17. The van der Waals surface area contributed by atoms with Gasteiger partial charge < -0.3 is 0 Å². The third-order valence-electron chi connectivity index (χ3n) is 4.07. The Bertz CT molecular complexity index is 887. The van der Waals surface area contributed by atoms with Crippen molar-refractivity contribution in [3.63, 3.8) is 0 Å². The number of benzene rings is 2. The summed E-state index contributed by atoms with van der Waals surface area (Å²) < 4.78 is 4.67. The SMILES string of the molecule is CC(=O)C[n+]1c(SC[Si](C)(C)c2ccccc2)sc2ccccc21.I[I-]I. The molecular formula is C19H22I3NOS2Si. The molecule has 0 bridgehead atoms. The Hall–Kier alpha value is 0.757. The van der Waals surface area contributed by atoms with Crippen LogP contribution in [0.25, 0.3) is 10.2 Å². The third-order valence-corrected chi connectivity index (χ3v) is 11.5. The topological polar surface area (TPSA) is 20.9 Å². The fraction of sp³-hybridized carbons (Fsp3) is 0.263. The van der Waals surface area contributed by atoms with Crippen molar-refractivity contribution < 1.29 is 22.6 Å².